The number of rotatable bonds is 3. The van der Waals surface area contributed by atoms with Crippen molar-refractivity contribution in [3.05, 3.63) is 73.9 Å². The summed E-state index contributed by atoms with van der Waals surface area (Å²) < 4.78 is 13.6. The molecular weight excluding hydrogens is 387 g/mol. The standard InChI is InChI=1S/C16H8ClFN2O3S2/c17-12-8-10(4-5-13(12)18)19-15(21)14(25-16(19)24)7-9-2-1-3-11(6-9)20(22)23/h1-8H/b14-7-. The molecule has 3 rings (SSSR count). The molecule has 0 saturated carbocycles. The van der Waals surface area contributed by atoms with Crippen LogP contribution in [0.4, 0.5) is 15.8 Å². The first-order chi connectivity index (χ1) is 11.9. The lowest BCUT2D eigenvalue weighted by atomic mass is 10.2. The number of non-ortho nitro benzene ring substituents is 1. The molecule has 2 aromatic carbocycles. The molecule has 5 nitrogen and oxygen atoms in total. The van der Waals surface area contributed by atoms with Gasteiger partial charge in [-0.05, 0) is 29.8 Å². The molecule has 0 spiro atoms. The summed E-state index contributed by atoms with van der Waals surface area (Å²) in [4.78, 5) is 24.5. The van der Waals surface area contributed by atoms with Gasteiger partial charge < -0.3 is 0 Å². The maximum Gasteiger partial charge on any atom is 0.270 e. The van der Waals surface area contributed by atoms with Crippen molar-refractivity contribution in [2.75, 3.05) is 4.90 Å². The minimum Gasteiger partial charge on any atom is -0.268 e. The SMILES string of the molecule is O=C1/C(=C/c2cccc([N+](=O)[O-])c2)SC(=S)N1c1ccc(F)c(Cl)c1. The minimum absolute atomic E-state index is 0.0745. The van der Waals surface area contributed by atoms with Crippen molar-refractivity contribution < 1.29 is 14.1 Å². The van der Waals surface area contributed by atoms with Gasteiger partial charge in [-0.25, -0.2) is 4.39 Å². The fourth-order valence-corrected chi connectivity index (χ4v) is 3.67. The van der Waals surface area contributed by atoms with E-state index in [0.717, 1.165) is 17.8 Å². The van der Waals surface area contributed by atoms with Crippen LogP contribution in [0.2, 0.25) is 5.02 Å². The average molecular weight is 395 g/mol. The lowest BCUT2D eigenvalue weighted by Gasteiger charge is -2.14. The third kappa shape index (κ3) is 3.55. The Morgan fingerprint density at radius 3 is 2.72 bits per heavy atom. The molecule has 1 aliphatic rings. The zero-order chi connectivity index (χ0) is 18.1. The molecule has 0 aromatic heterocycles. The van der Waals surface area contributed by atoms with E-state index in [4.69, 9.17) is 23.8 Å². The maximum absolute atomic E-state index is 13.3. The highest BCUT2D eigenvalue weighted by Gasteiger charge is 2.33. The average Bonchev–Trinajstić information content (AvgIpc) is 2.84. The van der Waals surface area contributed by atoms with Crippen LogP contribution in [0, 0.1) is 15.9 Å². The molecule has 0 aliphatic carbocycles. The second-order valence-electron chi connectivity index (χ2n) is 4.97. The maximum atomic E-state index is 13.3. The van der Waals surface area contributed by atoms with Crippen molar-refractivity contribution >= 4 is 63.3 Å². The number of anilines is 1. The summed E-state index contributed by atoms with van der Waals surface area (Å²) in [5.41, 5.74) is 0.790. The van der Waals surface area contributed by atoms with Crippen molar-refractivity contribution in [3.8, 4) is 0 Å². The van der Waals surface area contributed by atoms with Crippen molar-refractivity contribution in [3.63, 3.8) is 0 Å². The highest BCUT2D eigenvalue weighted by Crippen LogP contribution is 2.37. The number of nitro groups is 1. The van der Waals surface area contributed by atoms with Gasteiger partial charge in [0, 0.05) is 12.1 Å². The lowest BCUT2D eigenvalue weighted by Crippen LogP contribution is -2.27. The van der Waals surface area contributed by atoms with E-state index >= 15 is 0 Å². The Balaban J connectivity index is 1.94. The molecular formula is C16H8ClFN2O3S2. The molecule has 0 unspecified atom stereocenters. The second-order valence-corrected chi connectivity index (χ2v) is 7.05. The number of carbonyl (C=O) groups excluding carboxylic acids is 1. The Labute approximate surface area is 156 Å². The van der Waals surface area contributed by atoms with E-state index in [9.17, 15) is 19.3 Å². The molecule has 1 amide bonds. The molecule has 0 N–H and O–H groups in total. The highest BCUT2D eigenvalue weighted by molar-refractivity contribution is 8.27. The Morgan fingerprint density at radius 1 is 1.28 bits per heavy atom. The third-order valence-electron chi connectivity index (χ3n) is 3.33. The van der Waals surface area contributed by atoms with Gasteiger partial charge in [-0.1, -0.05) is 47.7 Å². The number of nitro benzene ring substituents is 1. The molecule has 0 bridgehead atoms. The zero-order valence-electron chi connectivity index (χ0n) is 12.3. The van der Waals surface area contributed by atoms with E-state index < -0.39 is 16.6 Å². The van der Waals surface area contributed by atoms with Gasteiger partial charge in [0.15, 0.2) is 4.32 Å². The highest BCUT2D eigenvalue weighted by atomic mass is 35.5. The van der Waals surface area contributed by atoms with E-state index in [1.165, 1.54) is 41.3 Å². The van der Waals surface area contributed by atoms with Crippen LogP contribution in [-0.4, -0.2) is 15.2 Å². The van der Waals surface area contributed by atoms with E-state index in [-0.39, 0.29) is 15.0 Å². The van der Waals surface area contributed by atoms with Crippen molar-refractivity contribution in [2.45, 2.75) is 0 Å². The normalized spacial score (nSPS) is 15.9. The molecule has 1 saturated heterocycles. The number of nitrogens with zero attached hydrogens (tertiary/aromatic N) is 2. The van der Waals surface area contributed by atoms with Crippen LogP contribution >= 0.6 is 35.6 Å². The molecule has 126 valence electrons. The predicted molar refractivity (Wildman–Crippen MR) is 100 cm³/mol. The summed E-state index contributed by atoms with van der Waals surface area (Å²) in [6.45, 7) is 0. The van der Waals surface area contributed by atoms with Gasteiger partial charge in [-0.15, -0.1) is 0 Å². The third-order valence-corrected chi connectivity index (χ3v) is 4.93. The molecule has 1 fully saturated rings. The first-order valence-electron chi connectivity index (χ1n) is 6.84. The molecule has 1 aliphatic heterocycles. The van der Waals surface area contributed by atoms with Gasteiger partial charge in [0.05, 0.1) is 20.5 Å². The van der Waals surface area contributed by atoms with E-state index in [1.807, 2.05) is 0 Å². The zero-order valence-corrected chi connectivity index (χ0v) is 14.7. The topological polar surface area (TPSA) is 63.4 Å². The number of thioether (sulfide) groups is 1. The van der Waals surface area contributed by atoms with Gasteiger partial charge in [0.2, 0.25) is 0 Å². The number of thiocarbonyl (C=S) groups is 1. The summed E-state index contributed by atoms with van der Waals surface area (Å²) in [6.07, 6.45) is 1.53. The van der Waals surface area contributed by atoms with Crippen LogP contribution in [0.25, 0.3) is 6.08 Å². The van der Waals surface area contributed by atoms with Gasteiger partial charge in [0.25, 0.3) is 11.6 Å². The van der Waals surface area contributed by atoms with Gasteiger partial charge in [-0.3, -0.25) is 19.8 Å². The van der Waals surface area contributed by atoms with Crippen LogP contribution in [-0.2, 0) is 4.79 Å². The van der Waals surface area contributed by atoms with Gasteiger partial charge in [0.1, 0.15) is 5.82 Å². The smallest absolute Gasteiger partial charge is 0.268 e. The van der Waals surface area contributed by atoms with Crippen LogP contribution < -0.4 is 4.90 Å². The summed E-state index contributed by atoms with van der Waals surface area (Å²) in [6, 6.07) is 9.78. The number of hydrogen-bond acceptors (Lipinski definition) is 5. The summed E-state index contributed by atoms with van der Waals surface area (Å²) in [5, 5.41) is 10.7. The van der Waals surface area contributed by atoms with E-state index in [0.29, 0.717) is 16.2 Å². The Kier molecular flexibility index (Phi) is 4.85. The molecule has 2 aromatic rings. The van der Waals surface area contributed by atoms with E-state index in [2.05, 4.69) is 0 Å². The molecule has 0 atom stereocenters. The molecule has 1 heterocycles. The first kappa shape index (κ1) is 17.5. The summed E-state index contributed by atoms with van der Waals surface area (Å²) in [5.74, 6) is -0.993. The summed E-state index contributed by atoms with van der Waals surface area (Å²) >= 11 is 12.0. The lowest BCUT2D eigenvalue weighted by molar-refractivity contribution is -0.384. The number of hydrogen-bond donors (Lipinski definition) is 0. The van der Waals surface area contributed by atoms with Crippen molar-refractivity contribution in [1.29, 1.82) is 0 Å². The van der Waals surface area contributed by atoms with Crippen molar-refractivity contribution in [2.24, 2.45) is 0 Å². The van der Waals surface area contributed by atoms with Crippen LogP contribution in [0.1, 0.15) is 5.56 Å². The van der Waals surface area contributed by atoms with Crippen LogP contribution in [0.3, 0.4) is 0 Å². The minimum atomic E-state index is -0.594. The number of benzene rings is 2. The fourth-order valence-electron chi connectivity index (χ4n) is 2.19. The molecule has 9 heteroatoms. The van der Waals surface area contributed by atoms with Gasteiger partial charge >= 0.3 is 0 Å². The van der Waals surface area contributed by atoms with Crippen molar-refractivity contribution in [1.82, 2.24) is 0 Å². The van der Waals surface area contributed by atoms with E-state index in [1.54, 1.807) is 6.07 Å². The van der Waals surface area contributed by atoms with Crippen LogP contribution in [0.15, 0.2) is 47.4 Å². The van der Waals surface area contributed by atoms with Crippen LogP contribution in [0.5, 0.6) is 0 Å². The number of amides is 1. The monoisotopic (exact) mass is 394 g/mol. The Bertz CT molecular complexity index is 949. The number of halogens is 2. The predicted octanol–water partition coefficient (Wildman–Crippen LogP) is 4.79. The van der Waals surface area contributed by atoms with Gasteiger partial charge in [-0.2, -0.15) is 0 Å². The first-order valence-corrected chi connectivity index (χ1v) is 8.44. The largest absolute Gasteiger partial charge is 0.270 e. The Morgan fingerprint density at radius 2 is 2.04 bits per heavy atom. The molecule has 25 heavy (non-hydrogen) atoms. The Hall–Kier alpha value is -2.29. The quantitative estimate of drug-likeness (QED) is 0.324. The fraction of sp³-hybridized carbons (Fsp3) is 0. The second kappa shape index (κ2) is 6.91. The number of carbonyl (C=O) groups is 1. The summed E-state index contributed by atoms with van der Waals surface area (Å²) in [7, 11) is 0. The molecule has 0 radical (unpaired) electrons.